The van der Waals surface area contributed by atoms with Gasteiger partial charge in [0, 0.05) is 6.04 Å². The van der Waals surface area contributed by atoms with Gasteiger partial charge in [0.2, 0.25) is 0 Å². The van der Waals surface area contributed by atoms with Crippen molar-refractivity contribution in [2.75, 3.05) is 7.05 Å². The Morgan fingerprint density at radius 2 is 1.81 bits per heavy atom. The molecule has 0 aliphatic heterocycles. The number of fused-ring (bicyclic) bond motifs is 2. The average Bonchev–Trinajstić information content (AvgIpc) is 2.77. The van der Waals surface area contributed by atoms with Gasteiger partial charge in [-0.05, 0) is 57.1 Å². The number of benzene rings is 1. The first-order valence-electron chi connectivity index (χ1n) is 8.11. The van der Waals surface area contributed by atoms with Crippen LogP contribution in [0, 0.1) is 11.8 Å². The molecule has 2 aliphatic carbocycles. The molecule has 0 saturated heterocycles. The Hall–Kier alpha value is -1.35. The quantitative estimate of drug-likeness (QED) is 0.865. The minimum atomic E-state index is -0.175. The number of hydrogen-bond donors (Lipinski definition) is 1. The molecular formula is C18H25NO2. The molecule has 1 aromatic carbocycles. The van der Waals surface area contributed by atoms with Crippen molar-refractivity contribution in [1.29, 1.82) is 0 Å². The van der Waals surface area contributed by atoms with E-state index < -0.39 is 0 Å². The zero-order valence-corrected chi connectivity index (χ0v) is 12.9. The summed E-state index contributed by atoms with van der Waals surface area (Å²) in [5, 5.41) is 3.45. The summed E-state index contributed by atoms with van der Waals surface area (Å²) in [6, 6.07) is 10.5. The molecule has 2 fully saturated rings. The maximum absolute atomic E-state index is 12.4. The third-order valence-corrected chi connectivity index (χ3v) is 5.32. The molecule has 3 heteroatoms. The van der Waals surface area contributed by atoms with E-state index in [0.717, 1.165) is 18.4 Å². The lowest BCUT2D eigenvalue weighted by atomic mass is 9.82. The molecule has 0 radical (unpaired) electrons. The Kier molecular flexibility index (Phi) is 4.29. The lowest BCUT2D eigenvalue weighted by Gasteiger charge is -2.35. The first kappa shape index (κ1) is 14.6. The number of carbonyl (C=O) groups excluding carboxylic acids is 1. The van der Waals surface area contributed by atoms with Gasteiger partial charge in [0.1, 0.15) is 6.10 Å². The van der Waals surface area contributed by atoms with Crippen molar-refractivity contribution in [2.45, 2.75) is 50.7 Å². The molecule has 2 aliphatic rings. The lowest BCUT2D eigenvalue weighted by molar-refractivity contribution is -0.153. The number of ether oxygens (including phenoxy) is 1. The van der Waals surface area contributed by atoms with Crippen molar-refractivity contribution in [1.82, 2.24) is 5.32 Å². The average molecular weight is 287 g/mol. The van der Waals surface area contributed by atoms with Crippen LogP contribution in [-0.4, -0.2) is 25.2 Å². The minimum Gasteiger partial charge on any atom is -0.462 e. The van der Waals surface area contributed by atoms with E-state index in [1.807, 2.05) is 37.3 Å². The van der Waals surface area contributed by atoms with Crippen LogP contribution in [0.4, 0.5) is 0 Å². The van der Waals surface area contributed by atoms with E-state index in [0.29, 0.717) is 17.9 Å². The Bertz CT molecular complexity index is 473. The molecule has 0 aromatic heterocycles. The predicted octanol–water partition coefficient (Wildman–Crippen LogP) is 3.11. The molecule has 0 amide bonds. The van der Waals surface area contributed by atoms with Crippen LogP contribution in [-0.2, 0) is 9.53 Å². The molecule has 0 spiro atoms. The second kappa shape index (κ2) is 6.18. The van der Waals surface area contributed by atoms with Crippen molar-refractivity contribution >= 4 is 5.97 Å². The highest BCUT2D eigenvalue weighted by Crippen LogP contribution is 2.43. The van der Waals surface area contributed by atoms with Gasteiger partial charge in [-0.3, -0.25) is 4.79 Å². The monoisotopic (exact) mass is 287 g/mol. The maximum Gasteiger partial charge on any atom is 0.313 e. The summed E-state index contributed by atoms with van der Waals surface area (Å²) >= 11 is 0. The van der Waals surface area contributed by atoms with E-state index >= 15 is 0 Å². The molecule has 3 nitrogen and oxygen atoms in total. The molecular weight excluding hydrogens is 262 g/mol. The van der Waals surface area contributed by atoms with Gasteiger partial charge in [0.15, 0.2) is 0 Å². The van der Waals surface area contributed by atoms with Crippen LogP contribution in [0.3, 0.4) is 0 Å². The molecule has 114 valence electrons. The first-order valence-corrected chi connectivity index (χ1v) is 8.11. The van der Waals surface area contributed by atoms with E-state index in [2.05, 4.69) is 12.4 Å². The molecule has 3 rings (SSSR count). The van der Waals surface area contributed by atoms with E-state index in [1.54, 1.807) is 0 Å². The molecule has 0 heterocycles. The summed E-state index contributed by atoms with van der Waals surface area (Å²) in [6.45, 7) is 1.94. The fourth-order valence-corrected chi connectivity index (χ4v) is 4.18. The SMILES string of the molecule is CNC1C2CCC1CC(OC(=O)C(C)c1ccccc1)C2. The van der Waals surface area contributed by atoms with Gasteiger partial charge >= 0.3 is 5.97 Å². The second-order valence-corrected chi connectivity index (χ2v) is 6.57. The van der Waals surface area contributed by atoms with E-state index in [4.69, 9.17) is 4.74 Å². The van der Waals surface area contributed by atoms with Crippen LogP contribution in [0.5, 0.6) is 0 Å². The summed E-state index contributed by atoms with van der Waals surface area (Å²) in [5.41, 5.74) is 1.04. The third kappa shape index (κ3) is 2.98. The topological polar surface area (TPSA) is 38.3 Å². The largest absolute Gasteiger partial charge is 0.462 e. The van der Waals surface area contributed by atoms with E-state index in [1.165, 1.54) is 12.8 Å². The van der Waals surface area contributed by atoms with Gasteiger partial charge in [-0.1, -0.05) is 30.3 Å². The van der Waals surface area contributed by atoms with Crippen molar-refractivity contribution in [3.05, 3.63) is 35.9 Å². The van der Waals surface area contributed by atoms with Crippen molar-refractivity contribution < 1.29 is 9.53 Å². The fraction of sp³-hybridized carbons (Fsp3) is 0.611. The van der Waals surface area contributed by atoms with E-state index in [9.17, 15) is 4.79 Å². The molecule has 3 unspecified atom stereocenters. The molecule has 3 atom stereocenters. The zero-order valence-electron chi connectivity index (χ0n) is 12.9. The van der Waals surface area contributed by atoms with Crippen LogP contribution in [0.1, 0.15) is 44.1 Å². The minimum absolute atomic E-state index is 0.0755. The van der Waals surface area contributed by atoms with Gasteiger partial charge in [-0.2, -0.15) is 0 Å². The number of hydrogen-bond acceptors (Lipinski definition) is 3. The lowest BCUT2D eigenvalue weighted by Crippen LogP contribution is -2.43. The van der Waals surface area contributed by atoms with Crippen LogP contribution >= 0.6 is 0 Å². The van der Waals surface area contributed by atoms with Crippen molar-refractivity contribution in [3.63, 3.8) is 0 Å². The number of carbonyl (C=O) groups is 1. The molecule has 2 bridgehead atoms. The van der Waals surface area contributed by atoms with Crippen LogP contribution in [0.25, 0.3) is 0 Å². The van der Waals surface area contributed by atoms with Crippen molar-refractivity contribution in [3.8, 4) is 0 Å². The highest BCUT2D eigenvalue weighted by molar-refractivity contribution is 5.77. The van der Waals surface area contributed by atoms with Gasteiger partial charge in [0.25, 0.3) is 0 Å². The summed E-state index contributed by atoms with van der Waals surface area (Å²) in [5.74, 6) is 1.11. The van der Waals surface area contributed by atoms with Gasteiger partial charge < -0.3 is 10.1 Å². The van der Waals surface area contributed by atoms with Gasteiger partial charge in [-0.15, -0.1) is 0 Å². The van der Waals surface area contributed by atoms with Crippen LogP contribution in [0.2, 0.25) is 0 Å². The van der Waals surface area contributed by atoms with Gasteiger partial charge in [0.05, 0.1) is 5.92 Å². The Balaban J connectivity index is 1.59. The van der Waals surface area contributed by atoms with Crippen molar-refractivity contribution in [2.24, 2.45) is 11.8 Å². The molecule has 21 heavy (non-hydrogen) atoms. The summed E-state index contributed by atoms with van der Waals surface area (Å²) in [7, 11) is 2.06. The Labute approximate surface area is 127 Å². The molecule has 1 aromatic rings. The predicted molar refractivity (Wildman–Crippen MR) is 83.0 cm³/mol. The van der Waals surface area contributed by atoms with Gasteiger partial charge in [-0.25, -0.2) is 0 Å². The van der Waals surface area contributed by atoms with Crippen LogP contribution < -0.4 is 5.32 Å². The first-order chi connectivity index (χ1) is 10.2. The maximum atomic E-state index is 12.4. The molecule has 1 N–H and O–H groups in total. The molecule has 2 saturated carbocycles. The summed E-state index contributed by atoms with van der Waals surface area (Å²) in [4.78, 5) is 12.4. The highest BCUT2D eigenvalue weighted by Gasteiger charge is 2.43. The number of nitrogens with one attached hydrogen (secondary N) is 1. The number of esters is 1. The zero-order chi connectivity index (χ0) is 14.8. The van der Waals surface area contributed by atoms with Crippen LogP contribution in [0.15, 0.2) is 30.3 Å². The normalized spacial score (nSPS) is 32.7. The summed E-state index contributed by atoms with van der Waals surface area (Å²) in [6.07, 6.45) is 4.72. The summed E-state index contributed by atoms with van der Waals surface area (Å²) < 4.78 is 5.81. The number of rotatable bonds is 4. The highest BCUT2D eigenvalue weighted by atomic mass is 16.5. The standard InChI is InChI=1S/C18H25NO2/c1-12(13-6-4-3-5-7-13)18(20)21-16-10-14-8-9-15(11-16)17(14)19-2/h3-7,12,14-17,19H,8-11H2,1-2H3. The Morgan fingerprint density at radius 3 is 2.38 bits per heavy atom. The fourth-order valence-electron chi connectivity index (χ4n) is 4.18. The van der Waals surface area contributed by atoms with E-state index in [-0.39, 0.29) is 18.0 Å². The second-order valence-electron chi connectivity index (χ2n) is 6.57. The smallest absolute Gasteiger partial charge is 0.313 e. The third-order valence-electron chi connectivity index (χ3n) is 5.32. The Morgan fingerprint density at radius 1 is 1.19 bits per heavy atom.